The predicted molar refractivity (Wildman–Crippen MR) is 67.9 cm³/mol. The van der Waals surface area contributed by atoms with Crippen LogP contribution in [0.1, 0.15) is 17.5 Å². The molecule has 0 aliphatic rings. The summed E-state index contributed by atoms with van der Waals surface area (Å²) in [7, 11) is 3.42. The molecule has 0 fully saturated rings. The first-order chi connectivity index (χ1) is 9.01. The number of carbonyl (C=O) groups is 1. The lowest BCUT2D eigenvalue weighted by atomic mass is 10.0. The summed E-state index contributed by atoms with van der Waals surface area (Å²) in [4.78, 5) is 15.0. The monoisotopic (exact) mass is 261 g/mol. The van der Waals surface area contributed by atoms with E-state index < -0.39 is 11.7 Å². The summed E-state index contributed by atoms with van der Waals surface area (Å²) in [6.07, 6.45) is -0.000759. The lowest BCUT2D eigenvalue weighted by molar-refractivity contribution is -0.117. The molecule has 0 heterocycles. The van der Waals surface area contributed by atoms with Crippen molar-refractivity contribution in [3.8, 4) is 6.07 Å². The van der Waals surface area contributed by atoms with Gasteiger partial charge in [-0.15, -0.1) is 0 Å². The average molecular weight is 261 g/mol. The lowest BCUT2D eigenvalue weighted by Gasteiger charge is -2.16. The number of azide groups is 1. The van der Waals surface area contributed by atoms with Gasteiger partial charge in [0.2, 0.25) is 5.91 Å². The molecule has 0 aliphatic carbocycles. The van der Waals surface area contributed by atoms with E-state index in [4.69, 9.17) is 10.8 Å². The topological polar surface area (TPSA) is 92.9 Å². The van der Waals surface area contributed by atoms with Crippen molar-refractivity contribution in [3.05, 3.63) is 39.5 Å². The van der Waals surface area contributed by atoms with Gasteiger partial charge >= 0.3 is 0 Å². The molecule has 0 saturated carbocycles. The minimum atomic E-state index is -0.655. The normalized spacial score (nSPS) is 9.37. The molecule has 1 aromatic carbocycles. The molecule has 1 rings (SSSR count). The van der Waals surface area contributed by atoms with Gasteiger partial charge in [0.25, 0.3) is 0 Å². The summed E-state index contributed by atoms with van der Waals surface area (Å²) in [5, 5.41) is 11.9. The van der Waals surface area contributed by atoms with E-state index in [2.05, 4.69) is 10.0 Å². The highest BCUT2D eigenvalue weighted by Gasteiger charge is 2.15. The molecule has 1 amide bonds. The highest BCUT2D eigenvalue weighted by molar-refractivity contribution is 5.77. The SMILES string of the molecule is CN(C)c1ccc(CCC(=O)N=[N+]=[N-])c(F)c1C#N. The molecular weight excluding hydrogens is 249 g/mol. The van der Waals surface area contributed by atoms with Crippen molar-refractivity contribution in [3.63, 3.8) is 0 Å². The van der Waals surface area contributed by atoms with Gasteiger partial charge in [-0.1, -0.05) is 6.07 Å². The highest BCUT2D eigenvalue weighted by atomic mass is 19.1. The second-order valence-corrected chi connectivity index (χ2v) is 4.02. The predicted octanol–water partition coefficient (Wildman–Crippen LogP) is 2.53. The van der Waals surface area contributed by atoms with E-state index in [9.17, 15) is 9.18 Å². The summed E-state index contributed by atoms with van der Waals surface area (Å²) in [6, 6.07) is 4.96. The van der Waals surface area contributed by atoms with Gasteiger partial charge in [-0.2, -0.15) is 5.26 Å². The smallest absolute Gasteiger partial charge is 0.219 e. The number of hydrogen-bond acceptors (Lipinski definition) is 3. The number of halogens is 1. The van der Waals surface area contributed by atoms with E-state index in [0.717, 1.165) is 0 Å². The molecule has 0 N–H and O–H groups in total. The number of amides is 1. The van der Waals surface area contributed by atoms with Crippen LogP contribution in [0.2, 0.25) is 0 Å². The molecule has 0 saturated heterocycles. The molecular formula is C12H12FN5O. The third kappa shape index (κ3) is 3.44. The zero-order chi connectivity index (χ0) is 14.4. The van der Waals surface area contributed by atoms with Crippen LogP contribution in [-0.2, 0) is 11.2 Å². The number of carbonyl (C=O) groups excluding carboxylic acids is 1. The Balaban J connectivity index is 3.02. The van der Waals surface area contributed by atoms with Crippen LogP contribution < -0.4 is 4.90 Å². The summed E-state index contributed by atoms with van der Waals surface area (Å²) >= 11 is 0. The molecule has 0 radical (unpaired) electrons. The summed E-state index contributed by atoms with van der Waals surface area (Å²) in [5.74, 6) is -1.29. The van der Waals surface area contributed by atoms with Gasteiger partial charge in [0, 0.05) is 25.4 Å². The third-order valence-corrected chi connectivity index (χ3v) is 2.56. The van der Waals surface area contributed by atoms with Gasteiger partial charge in [0.1, 0.15) is 17.4 Å². The molecule has 6 nitrogen and oxygen atoms in total. The molecule has 0 unspecified atom stereocenters. The molecule has 1 aromatic rings. The van der Waals surface area contributed by atoms with Crippen molar-refractivity contribution in [2.75, 3.05) is 19.0 Å². The molecule has 0 aromatic heterocycles. The zero-order valence-corrected chi connectivity index (χ0v) is 10.6. The maximum atomic E-state index is 14.1. The third-order valence-electron chi connectivity index (χ3n) is 2.56. The Kier molecular flexibility index (Phi) is 4.86. The maximum Gasteiger partial charge on any atom is 0.219 e. The van der Waals surface area contributed by atoms with Crippen LogP contribution in [0.3, 0.4) is 0 Å². The quantitative estimate of drug-likeness (QED) is 0.473. The van der Waals surface area contributed by atoms with Crippen LogP contribution >= 0.6 is 0 Å². The van der Waals surface area contributed by atoms with Gasteiger partial charge in [0.15, 0.2) is 0 Å². The first-order valence-corrected chi connectivity index (χ1v) is 5.48. The number of rotatable bonds is 4. The van der Waals surface area contributed by atoms with Crippen molar-refractivity contribution >= 4 is 11.6 Å². The summed E-state index contributed by atoms with van der Waals surface area (Å²) < 4.78 is 14.1. The van der Waals surface area contributed by atoms with Crippen molar-refractivity contribution in [2.45, 2.75) is 12.8 Å². The number of nitriles is 1. The van der Waals surface area contributed by atoms with Gasteiger partial charge in [0.05, 0.1) is 5.69 Å². The molecule has 0 atom stereocenters. The van der Waals surface area contributed by atoms with Crippen molar-refractivity contribution in [1.29, 1.82) is 5.26 Å². The fourth-order valence-electron chi connectivity index (χ4n) is 1.62. The Morgan fingerprint density at radius 2 is 2.26 bits per heavy atom. The van der Waals surface area contributed by atoms with Gasteiger partial charge in [-0.3, -0.25) is 4.79 Å². The van der Waals surface area contributed by atoms with Crippen LogP contribution in [0.4, 0.5) is 10.1 Å². The summed E-state index contributed by atoms with van der Waals surface area (Å²) in [6.45, 7) is 0. The molecule has 7 heteroatoms. The minimum absolute atomic E-state index is 0.0567. The molecule has 0 bridgehead atoms. The van der Waals surface area contributed by atoms with E-state index in [1.807, 2.05) is 6.07 Å². The summed E-state index contributed by atoms with van der Waals surface area (Å²) in [5.41, 5.74) is 8.76. The van der Waals surface area contributed by atoms with Crippen LogP contribution in [0, 0.1) is 17.1 Å². The van der Waals surface area contributed by atoms with Crippen LogP contribution in [0.15, 0.2) is 17.2 Å². The Morgan fingerprint density at radius 1 is 1.58 bits per heavy atom. The van der Waals surface area contributed by atoms with E-state index in [-0.39, 0.29) is 24.0 Å². The minimum Gasteiger partial charge on any atom is -0.377 e. The fourth-order valence-corrected chi connectivity index (χ4v) is 1.62. The van der Waals surface area contributed by atoms with Crippen LogP contribution in [-0.4, -0.2) is 20.0 Å². The Hall–Kier alpha value is -2.58. The molecule has 19 heavy (non-hydrogen) atoms. The van der Waals surface area contributed by atoms with Crippen molar-refractivity contribution in [2.24, 2.45) is 5.11 Å². The largest absolute Gasteiger partial charge is 0.377 e. The maximum absolute atomic E-state index is 14.1. The lowest BCUT2D eigenvalue weighted by Crippen LogP contribution is -2.12. The second kappa shape index (κ2) is 6.38. The first kappa shape index (κ1) is 14.5. The molecule has 0 aliphatic heterocycles. The van der Waals surface area contributed by atoms with E-state index in [0.29, 0.717) is 5.69 Å². The number of benzene rings is 1. The second-order valence-electron chi connectivity index (χ2n) is 4.02. The van der Waals surface area contributed by atoms with Crippen molar-refractivity contribution < 1.29 is 9.18 Å². The number of hydrogen-bond donors (Lipinski definition) is 0. The molecule has 0 spiro atoms. The van der Waals surface area contributed by atoms with Crippen LogP contribution in [0.5, 0.6) is 0 Å². The van der Waals surface area contributed by atoms with Gasteiger partial charge in [-0.05, 0) is 28.7 Å². The zero-order valence-electron chi connectivity index (χ0n) is 10.6. The fraction of sp³-hybridized carbons (Fsp3) is 0.333. The Labute approximate surface area is 109 Å². The number of aryl methyl sites for hydroxylation is 1. The highest BCUT2D eigenvalue weighted by Crippen LogP contribution is 2.24. The first-order valence-electron chi connectivity index (χ1n) is 5.48. The Bertz CT molecular complexity index is 585. The van der Waals surface area contributed by atoms with Crippen LogP contribution in [0.25, 0.3) is 10.4 Å². The van der Waals surface area contributed by atoms with Gasteiger partial charge < -0.3 is 4.90 Å². The van der Waals surface area contributed by atoms with Gasteiger partial charge in [-0.25, -0.2) is 4.39 Å². The standard InChI is InChI=1S/C12H12FN5O/c1-18(2)10-5-3-8(12(13)9(10)7-14)4-6-11(19)16-17-15/h3,5H,4,6H2,1-2H3. The molecule has 98 valence electrons. The number of nitrogens with zero attached hydrogens (tertiary/aromatic N) is 5. The van der Waals surface area contributed by atoms with Crippen molar-refractivity contribution in [1.82, 2.24) is 0 Å². The number of anilines is 1. The van der Waals surface area contributed by atoms with E-state index in [1.165, 1.54) is 6.07 Å². The van der Waals surface area contributed by atoms with E-state index >= 15 is 0 Å². The van der Waals surface area contributed by atoms with E-state index in [1.54, 1.807) is 25.1 Å². The Morgan fingerprint density at radius 3 is 2.79 bits per heavy atom. The average Bonchev–Trinajstić information content (AvgIpc) is 2.37.